The van der Waals surface area contributed by atoms with Crippen molar-refractivity contribution in [2.75, 3.05) is 5.75 Å². The number of thioether (sulfide) groups is 1. The van der Waals surface area contributed by atoms with Crippen molar-refractivity contribution in [1.82, 2.24) is 4.90 Å². The van der Waals surface area contributed by atoms with Crippen molar-refractivity contribution in [3.63, 3.8) is 0 Å². The summed E-state index contributed by atoms with van der Waals surface area (Å²) in [6.07, 6.45) is 0.838. The fourth-order valence-electron chi connectivity index (χ4n) is 2.36. The van der Waals surface area contributed by atoms with Crippen LogP contribution in [0.1, 0.15) is 16.7 Å². The SMILES string of the molecule is O=C(O)C1CSC(c2ccco2)N1C(=O)OCc1ccccc1. The van der Waals surface area contributed by atoms with Gasteiger partial charge in [-0.3, -0.25) is 4.90 Å². The van der Waals surface area contributed by atoms with E-state index < -0.39 is 23.5 Å². The van der Waals surface area contributed by atoms with Crippen LogP contribution in [0.4, 0.5) is 4.79 Å². The average Bonchev–Trinajstić information content (AvgIpc) is 3.22. The molecule has 1 aliphatic heterocycles. The molecule has 2 atom stereocenters. The van der Waals surface area contributed by atoms with E-state index in [1.807, 2.05) is 30.3 Å². The van der Waals surface area contributed by atoms with Crippen LogP contribution in [-0.2, 0) is 16.1 Å². The monoisotopic (exact) mass is 333 g/mol. The Morgan fingerprint density at radius 2 is 2.04 bits per heavy atom. The van der Waals surface area contributed by atoms with Gasteiger partial charge in [0.2, 0.25) is 0 Å². The number of furan rings is 1. The Morgan fingerprint density at radius 3 is 2.70 bits per heavy atom. The number of hydrogen-bond acceptors (Lipinski definition) is 5. The zero-order valence-electron chi connectivity index (χ0n) is 12.1. The number of amides is 1. The summed E-state index contributed by atoms with van der Waals surface area (Å²) >= 11 is 1.35. The lowest BCUT2D eigenvalue weighted by atomic mass is 10.2. The van der Waals surface area contributed by atoms with Gasteiger partial charge in [0.15, 0.2) is 0 Å². The third-order valence-electron chi connectivity index (χ3n) is 3.49. The van der Waals surface area contributed by atoms with Crippen molar-refractivity contribution in [3.8, 4) is 0 Å². The number of carboxylic acids is 1. The quantitative estimate of drug-likeness (QED) is 0.926. The van der Waals surface area contributed by atoms with Crippen molar-refractivity contribution in [2.45, 2.75) is 18.0 Å². The largest absolute Gasteiger partial charge is 0.480 e. The van der Waals surface area contributed by atoms with Crippen LogP contribution in [0.2, 0.25) is 0 Å². The van der Waals surface area contributed by atoms with Gasteiger partial charge in [-0.1, -0.05) is 30.3 Å². The molecule has 1 fully saturated rings. The third-order valence-corrected chi connectivity index (χ3v) is 4.77. The molecule has 0 radical (unpaired) electrons. The normalized spacial score (nSPS) is 20.4. The van der Waals surface area contributed by atoms with Crippen LogP contribution >= 0.6 is 11.8 Å². The Balaban J connectivity index is 1.74. The molecule has 2 unspecified atom stereocenters. The summed E-state index contributed by atoms with van der Waals surface area (Å²) in [6.45, 7) is 0.0953. The van der Waals surface area contributed by atoms with Gasteiger partial charge in [0, 0.05) is 5.75 Å². The van der Waals surface area contributed by atoms with Crippen LogP contribution in [0.3, 0.4) is 0 Å². The molecule has 3 rings (SSSR count). The lowest BCUT2D eigenvalue weighted by Gasteiger charge is -2.25. The minimum atomic E-state index is -1.05. The van der Waals surface area contributed by atoms with E-state index in [1.165, 1.54) is 22.9 Å². The summed E-state index contributed by atoms with van der Waals surface area (Å²) < 4.78 is 10.6. The van der Waals surface area contributed by atoms with Gasteiger partial charge in [-0.2, -0.15) is 0 Å². The Labute approximate surface area is 137 Å². The van der Waals surface area contributed by atoms with Crippen LogP contribution in [0.5, 0.6) is 0 Å². The predicted octanol–water partition coefficient (Wildman–Crippen LogP) is 3.12. The lowest BCUT2D eigenvalue weighted by Crippen LogP contribution is -2.43. The van der Waals surface area contributed by atoms with E-state index in [0.29, 0.717) is 11.5 Å². The number of rotatable bonds is 4. The molecule has 1 N–H and O–H groups in total. The first-order chi connectivity index (χ1) is 11.2. The molecule has 1 aliphatic rings. The van der Waals surface area contributed by atoms with Gasteiger partial charge in [-0.25, -0.2) is 9.59 Å². The van der Waals surface area contributed by atoms with Crippen LogP contribution in [-0.4, -0.2) is 33.9 Å². The van der Waals surface area contributed by atoms with E-state index >= 15 is 0 Å². The molecule has 1 amide bonds. The zero-order chi connectivity index (χ0) is 16.2. The maximum Gasteiger partial charge on any atom is 0.412 e. The smallest absolute Gasteiger partial charge is 0.412 e. The number of hydrogen-bond donors (Lipinski definition) is 1. The van der Waals surface area contributed by atoms with Crippen molar-refractivity contribution in [2.24, 2.45) is 0 Å². The third kappa shape index (κ3) is 3.34. The van der Waals surface area contributed by atoms with Gasteiger partial charge >= 0.3 is 12.1 Å². The molecule has 0 saturated carbocycles. The van der Waals surface area contributed by atoms with Crippen molar-refractivity contribution >= 4 is 23.8 Å². The average molecular weight is 333 g/mol. The van der Waals surface area contributed by atoms with Gasteiger partial charge in [0.25, 0.3) is 0 Å². The van der Waals surface area contributed by atoms with Crippen LogP contribution < -0.4 is 0 Å². The predicted molar refractivity (Wildman–Crippen MR) is 83.8 cm³/mol. The molecule has 2 heterocycles. The molecule has 0 aliphatic carbocycles. The Bertz CT molecular complexity index is 673. The van der Waals surface area contributed by atoms with Crippen molar-refractivity contribution in [1.29, 1.82) is 0 Å². The molecule has 0 spiro atoms. The highest BCUT2D eigenvalue weighted by molar-refractivity contribution is 7.99. The number of carbonyl (C=O) groups excluding carboxylic acids is 1. The van der Waals surface area contributed by atoms with E-state index in [9.17, 15) is 14.7 Å². The Kier molecular flexibility index (Phi) is 4.57. The summed E-state index contributed by atoms with van der Waals surface area (Å²) in [5, 5.41) is 8.85. The topological polar surface area (TPSA) is 80.0 Å². The minimum Gasteiger partial charge on any atom is -0.480 e. The summed E-state index contributed by atoms with van der Waals surface area (Å²) in [4.78, 5) is 25.1. The summed E-state index contributed by atoms with van der Waals surface area (Å²) in [6, 6.07) is 11.7. The molecule has 1 saturated heterocycles. The molecule has 2 aromatic rings. The van der Waals surface area contributed by atoms with E-state index in [4.69, 9.17) is 9.15 Å². The molecule has 1 aromatic carbocycles. The number of ether oxygens (including phenoxy) is 1. The van der Waals surface area contributed by atoms with Gasteiger partial charge in [-0.05, 0) is 17.7 Å². The van der Waals surface area contributed by atoms with Gasteiger partial charge < -0.3 is 14.3 Å². The Morgan fingerprint density at radius 1 is 1.26 bits per heavy atom. The highest BCUT2D eigenvalue weighted by Crippen LogP contribution is 2.42. The van der Waals surface area contributed by atoms with Crippen LogP contribution in [0, 0.1) is 0 Å². The first kappa shape index (κ1) is 15.5. The van der Waals surface area contributed by atoms with Crippen LogP contribution in [0.25, 0.3) is 0 Å². The number of nitrogens with zero attached hydrogens (tertiary/aromatic N) is 1. The molecular formula is C16H15NO5S. The first-order valence-corrected chi connectivity index (χ1v) is 8.08. The van der Waals surface area contributed by atoms with Gasteiger partial charge in [0.1, 0.15) is 23.8 Å². The molecule has 1 aromatic heterocycles. The highest BCUT2D eigenvalue weighted by atomic mass is 32.2. The maximum absolute atomic E-state index is 12.4. The van der Waals surface area contributed by atoms with E-state index in [-0.39, 0.29) is 6.61 Å². The Hall–Kier alpha value is -2.41. The second-order valence-corrected chi connectivity index (χ2v) is 6.12. The second-order valence-electron chi connectivity index (χ2n) is 5.00. The number of carbonyl (C=O) groups is 2. The van der Waals surface area contributed by atoms with E-state index in [1.54, 1.807) is 12.1 Å². The fraction of sp³-hybridized carbons (Fsp3) is 0.250. The summed E-state index contributed by atoms with van der Waals surface area (Å²) in [5.74, 6) is -0.222. The van der Waals surface area contributed by atoms with E-state index in [0.717, 1.165) is 5.56 Å². The highest BCUT2D eigenvalue weighted by Gasteiger charge is 2.44. The van der Waals surface area contributed by atoms with Crippen LogP contribution in [0.15, 0.2) is 53.1 Å². The number of carboxylic acid groups (broad SMARTS) is 1. The summed E-state index contributed by atoms with van der Waals surface area (Å²) in [5.41, 5.74) is 0.842. The maximum atomic E-state index is 12.4. The zero-order valence-corrected chi connectivity index (χ0v) is 12.9. The molecular weight excluding hydrogens is 318 g/mol. The van der Waals surface area contributed by atoms with Gasteiger partial charge in [0.05, 0.1) is 6.26 Å². The number of aliphatic carboxylic acids is 1. The fourth-order valence-corrected chi connectivity index (χ4v) is 3.72. The molecule has 6 nitrogen and oxygen atoms in total. The second kappa shape index (κ2) is 6.78. The molecule has 0 bridgehead atoms. The number of benzene rings is 1. The summed E-state index contributed by atoms with van der Waals surface area (Å²) in [7, 11) is 0. The van der Waals surface area contributed by atoms with Crippen molar-refractivity contribution < 1.29 is 23.8 Å². The van der Waals surface area contributed by atoms with Gasteiger partial charge in [-0.15, -0.1) is 11.8 Å². The minimum absolute atomic E-state index is 0.0953. The first-order valence-electron chi connectivity index (χ1n) is 7.03. The molecule has 23 heavy (non-hydrogen) atoms. The van der Waals surface area contributed by atoms with E-state index in [2.05, 4.69) is 0 Å². The molecule has 120 valence electrons. The molecule has 7 heteroatoms. The lowest BCUT2D eigenvalue weighted by molar-refractivity contribution is -0.141. The van der Waals surface area contributed by atoms with Crippen molar-refractivity contribution in [3.05, 3.63) is 60.1 Å². The standard InChI is InChI=1S/C16H15NO5S/c18-15(19)12-10-23-14(13-7-4-8-21-13)17(12)16(20)22-9-11-5-2-1-3-6-11/h1-8,12,14H,9-10H2,(H,18,19).